The zero-order valence-corrected chi connectivity index (χ0v) is 17.3. The summed E-state index contributed by atoms with van der Waals surface area (Å²) in [5, 5.41) is 3.67. The van der Waals surface area contributed by atoms with Gasteiger partial charge in [-0.1, -0.05) is 24.3 Å². The van der Waals surface area contributed by atoms with Crippen LogP contribution in [-0.2, 0) is 6.54 Å². The summed E-state index contributed by atoms with van der Waals surface area (Å²) in [6.45, 7) is 0.505. The number of amides is 2. The van der Waals surface area contributed by atoms with Crippen molar-refractivity contribution < 1.29 is 9.59 Å². The van der Waals surface area contributed by atoms with Gasteiger partial charge in [0.25, 0.3) is 0 Å². The second-order valence-corrected chi connectivity index (χ2v) is 8.29. The molecule has 0 unspecified atom stereocenters. The van der Waals surface area contributed by atoms with Gasteiger partial charge in [-0.15, -0.1) is 11.3 Å². The Balaban J connectivity index is 1.79. The van der Waals surface area contributed by atoms with Crippen LogP contribution in [0.4, 0.5) is 0 Å². The van der Waals surface area contributed by atoms with E-state index in [0.29, 0.717) is 17.7 Å². The minimum atomic E-state index is -0.476. The largest absolute Gasteiger partial charge is 0.366 e. The van der Waals surface area contributed by atoms with Crippen LogP contribution < -0.4 is 11.5 Å². The van der Waals surface area contributed by atoms with Gasteiger partial charge in [-0.3, -0.25) is 9.59 Å². The fraction of sp³-hybridized carbons (Fsp3) is 0.0400. The van der Waals surface area contributed by atoms with Crippen LogP contribution in [0.5, 0.6) is 0 Å². The third-order valence-electron chi connectivity index (χ3n) is 5.42. The molecule has 1 radical (unpaired) electrons. The first-order chi connectivity index (χ1) is 15.0. The predicted octanol–water partition coefficient (Wildman–Crippen LogP) is 4.57. The quantitative estimate of drug-likeness (QED) is 0.433. The summed E-state index contributed by atoms with van der Waals surface area (Å²) in [5.41, 5.74) is 15.9. The summed E-state index contributed by atoms with van der Waals surface area (Å²) in [4.78, 5) is 24.9. The molecule has 0 aliphatic heterocycles. The van der Waals surface area contributed by atoms with Crippen LogP contribution in [0.2, 0.25) is 0 Å². The number of benzene rings is 3. The zero-order valence-electron chi connectivity index (χ0n) is 16.5. The molecule has 0 bridgehead atoms. The maximum absolute atomic E-state index is 12.1. The number of fused-ring (bicyclic) bond motifs is 3. The summed E-state index contributed by atoms with van der Waals surface area (Å²) < 4.78 is 2.13. The number of primary amides is 2. The lowest BCUT2D eigenvalue weighted by Crippen LogP contribution is -2.12. The van der Waals surface area contributed by atoms with Gasteiger partial charge in [-0.05, 0) is 65.0 Å². The molecule has 0 saturated carbocycles. The number of aromatic nitrogens is 1. The van der Waals surface area contributed by atoms with E-state index < -0.39 is 11.8 Å². The molecule has 2 amide bonds. The molecule has 0 spiro atoms. The summed E-state index contributed by atoms with van der Waals surface area (Å²) in [6, 6.07) is 24.3. The summed E-state index contributed by atoms with van der Waals surface area (Å²) >= 11 is 1.66. The van der Waals surface area contributed by atoms with E-state index in [2.05, 4.69) is 22.8 Å². The third-order valence-corrected chi connectivity index (χ3v) is 6.34. The summed E-state index contributed by atoms with van der Waals surface area (Å²) in [6.07, 6.45) is 0. The minimum Gasteiger partial charge on any atom is -0.366 e. The van der Waals surface area contributed by atoms with Crippen LogP contribution in [0.25, 0.3) is 32.2 Å². The number of carbonyl (C=O) groups excluding carboxylic acids is 2. The first-order valence-electron chi connectivity index (χ1n) is 9.72. The van der Waals surface area contributed by atoms with Crippen molar-refractivity contribution in [1.82, 2.24) is 4.57 Å². The average molecular weight is 425 g/mol. The zero-order chi connectivity index (χ0) is 21.5. The number of rotatable bonds is 5. The van der Waals surface area contributed by atoms with Crippen LogP contribution in [0.15, 0.2) is 72.1 Å². The van der Waals surface area contributed by atoms with Gasteiger partial charge in [0.15, 0.2) is 0 Å². The van der Waals surface area contributed by atoms with Gasteiger partial charge in [0.05, 0.1) is 11.0 Å². The highest BCUT2D eigenvalue weighted by atomic mass is 32.1. The maximum atomic E-state index is 12.1. The molecule has 31 heavy (non-hydrogen) atoms. The topological polar surface area (TPSA) is 91.1 Å². The van der Waals surface area contributed by atoms with Crippen molar-refractivity contribution in [2.24, 2.45) is 11.5 Å². The van der Waals surface area contributed by atoms with Crippen molar-refractivity contribution in [2.45, 2.75) is 6.54 Å². The van der Waals surface area contributed by atoms with E-state index in [1.165, 1.54) is 0 Å². The summed E-state index contributed by atoms with van der Waals surface area (Å²) in [7, 11) is 0. The molecule has 3 aromatic carbocycles. The Morgan fingerprint density at radius 2 is 1.77 bits per heavy atom. The Morgan fingerprint density at radius 3 is 2.52 bits per heavy atom. The second-order valence-electron chi connectivity index (χ2n) is 7.34. The highest BCUT2D eigenvalue weighted by Gasteiger charge is 2.18. The standard InChI is InChI=1S/C25H18N3O2S/c26-24(29)17-5-1-4-15(12-17)14-28-20-7-2-6-19(25(27)30)23(20)18-10-9-16(13-21(18)28)22-8-3-11-31-22/h1-9,11-13H,14H2,(H2,26,29)(H2,27,30). The van der Waals surface area contributed by atoms with Crippen LogP contribution >= 0.6 is 11.3 Å². The molecule has 0 atom stereocenters. The van der Waals surface area contributed by atoms with Gasteiger partial charge >= 0.3 is 0 Å². The molecule has 0 aliphatic carbocycles. The van der Waals surface area contributed by atoms with E-state index >= 15 is 0 Å². The first-order valence-corrected chi connectivity index (χ1v) is 10.6. The molecule has 4 N–H and O–H groups in total. The van der Waals surface area contributed by atoms with E-state index in [1.54, 1.807) is 29.5 Å². The predicted molar refractivity (Wildman–Crippen MR) is 124 cm³/mol. The Kier molecular flexibility index (Phi) is 4.56. The Hall–Kier alpha value is -3.90. The van der Waals surface area contributed by atoms with Gasteiger partial charge in [0, 0.05) is 33.3 Å². The molecule has 5 nitrogen and oxygen atoms in total. The van der Waals surface area contributed by atoms with Crippen molar-refractivity contribution in [2.75, 3.05) is 0 Å². The van der Waals surface area contributed by atoms with E-state index in [1.807, 2.05) is 41.8 Å². The highest BCUT2D eigenvalue weighted by Crippen LogP contribution is 2.35. The first kappa shape index (κ1) is 19.1. The van der Waals surface area contributed by atoms with E-state index in [0.717, 1.165) is 37.8 Å². The van der Waals surface area contributed by atoms with Gasteiger partial charge in [-0.25, -0.2) is 0 Å². The number of nitrogens with two attached hydrogens (primary N) is 2. The van der Waals surface area contributed by atoms with Crippen molar-refractivity contribution in [3.05, 3.63) is 94.9 Å². The Bertz CT molecular complexity index is 1470. The molecule has 5 aromatic rings. The molecular weight excluding hydrogens is 406 g/mol. The number of carbonyl (C=O) groups is 2. The second kappa shape index (κ2) is 7.41. The Labute approximate surface area is 182 Å². The molecule has 2 aromatic heterocycles. The van der Waals surface area contributed by atoms with Crippen molar-refractivity contribution in [3.8, 4) is 10.4 Å². The highest BCUT2D eigenvalue weighted by molar-refractivity contribution is 7.13. The SMILES string of the molecule is NC(=O)c1cccc(Cn2c3cc(-c4cccs4)c[c]c3c3c(C(N)=O)cccc32)c1. The Morgan fingerprint density at radius 1 is 0.935 bits per heavy atom. The lowest BCUT2D eigenvalue weighted by Gasteiger charge is -2.10. The number of nitrogens with zero attached hydrogens (tertiary/aromatic N) is 1. The number of hydrogen-bond acceptors (Lipinski definition) is 3. The smallest absolute Gasteiger partial charge is 0.249 e. The molecule has 151 valence electrons. The van der Waals surface area contributed by atoms with E-state index in [-0.39, 0.29) is 0 Å². The molecule has 5 rings (SSSR count). The van der Waals surface area contributed by atoms with Crippen molar-refractivity contribution >= 4 is 45.0 Å². The van der Waals surface area contributed by atoms with Crippen LogP contribution in [0.1, 0.15) is 26.3 Å². The fourth-order valence-electron chi connectivity index (χ4n) is 4.02. The lowest BCUT2D eigenvalue weighted by molar-refractivity contribution is 0.0992. The van der Waals surface area contributed by atoms with Gasteiger partial charge < -0.3 is 16.0 Å². The molecule has 0 fully saturated rings. The van der Waals surface area contributed by atoms with E-state index in [9.17, 15) is 9.59 Å². The van der Waals surface area contributed by atoms with Crippen molar-refractivity contribution in [1.29, 1.82) is 0 Å². The lowest BCUT2D eigenvalue weighted by atomic mass is 10.0. The monoisotopic (exact) mass is 424 g/mol. The molecule has 0 aliphatic rings. The molecule has 2 heterocycles. The average Bonchev–Trinajstić information content (AvgIpc) is 3.41. The molecule has 0 saturated heterocycles. The molecule has 6 heteroatoms. The van der Waals surface area contributed by atoms with Gasteiger partial charge in [-0.2, -0.15) is 0 Å². The fourth-order valence-corrected chi connectivity index (χ4v) is 4.74. The van der Waals surface area contributed by atoms with Crippen LogP contribution in [-0.4, -0.2) is 16.4 Å². The maximum Gasteiger partial charge on any atom is 0.249 e. The van der Waals surface area contributed by atoms with Crippen molar-refractivity contribution in [3.63, 3.8) is 0 Å². The summed E-state index contributed by atoms with van der Waals surface area (Å²) in [5.74, 6) is -0.940. The molecular formula is C25H18N3O2S. The van der Waals surface area contributed by atoms with Crippen LogP contribution in [0.3, 0.4) is 0 Å². The van der Waals surface area contributed by atoms with Gasteiger partial charge in [0.1, 0.15) is 0 Å². The van der Waals surface area contributed by atoms with Crippen LogP contribution in [0, 0.1) is 6.07 Å². The van der Waals surface area contributed by atoms with Gasteiger partial charge in [0.2, 0.25) is 11.8 Å². The minimum absolute atomic E-state index is 0.460. The third kappa shape index (κ3) is 3.27. The van der Waals surface area contributed by atoms with E-state index in [4.69, 9.17) is 11.5 Å². The number of thiophene rings is 1. The number of hydrogen-bond donors (Lipinski definition) is 2. The normalized spacial score (nSPS) is 11.2.